The quantitative estimate of drug-likeness (QED) is 0.611. The van der Waals surface area contributed by atoms with Gasteiger partial charge in [0, 0.05) is 5.56 Å². The van der Waals surface area contributed by atoms with Crippen molar-refractivity contribution in [2.75, 3.05) is 0 Å². The first-order valence-electron chi connectivity index (χ1n) is 6.63. The minimum absolute atomic E-state index is 0.573. The fourth-order valence-electron chi connectivity index (χ4n) is 2.35. The van der Waals surface area contributed by atoms with E-state index in [2.05, 4.69) is 26.6 Å². The van der Waals surface area contributed by atoms with Crippen LogP contribution in [-0.2, 0) is 0 Å². The van der Waals surface area contributed by atoms with Crippen molar-refractivity contribution < 1.29 is 4.52 Å². The van der Waals surface area contributed by atoms with Gasteiger partial charge < -0.3 is 4.52 Å². The molecule has 6 nitrogen and oxygen atoms in total. The summed E-state index contributed by atoms with van der Waals surface area (Å²) in [6, 6.07) is 16.9. The van der Waals surface area contributed by atoms with Gasteiger partial charge in [-0.2, -0.15) is 20.7 Å². The van der Waals surface area contributed by atoms with Crippen LogP contribution in [0.3, 0.4) is 0 Å². The van der Waals surface area contributed by atoms with Crippen molar-refractivity contribution in [3.63, 3.8) is 0 Å². The number of fused-ring (bicyclic) bond motifs is 1. The highest BCUT2D eigenvalue weighted by Gasteiger charge is 2.19. The molecule has 22 heavy (non-hydrogen) atoms. The monoisotopic (exact) mass is 287 g/mol. The molecule has 4 rings (SSSR count). The highest BCUT2D eigenvalue weighted by Crippen LogP contribution is 2.33. The molecule has 6 heteroatoms. The summed E-state index contributed by atoms with van der Waals surface area (Å²) < 4.78 is 5.44. The Morgan fingerprint density at radius 2 is 1.73 bits per heavy atom. The summed E-state index contributed by atoms with van der Waals surface area (Å²) in [6.45, 7) is 0. The number of nitrogens with one attached hydrogen (secondary N) is 1. The highest BCUT2D eigenvalue weighted by molar-refractivity contribution is 5.93. The third-order valence-corrected chi connectivity index (χ3v) is 3.43. The van der Waals surface area contributed by atoms with E-state index in [1.54, 1.807) is 12.1 Å². The molecule has 2 aromatic heterocycles. The van der Waals surface area contributed by atoms with Crippen LogP contribution in [-0.4, -0.2) is 20.6 Å². The molecule has 0 radical (unpaired) electrons. The summed E-state index contributed by atoms with van der Waals surface area (Å²) >= 11 is 0. The molecule has 2 aromatic carbocycles. The average Bonchev–Trinajstić information content (AvgIpc) is 3.21. The molecule has 1 N–H and O–H groups in total. The lowest BCUT2D eigenvalue weighted by Crippen LogP contribution is -1.84. The van der Waals surface area contributed by atoms with E-state index in [0.29, 0.717) is 22.7 Å². The summed E-state index contributed by atoms with van der Waals surface area (Å²) in [4.78, 5) is 0. The minimum atomic E-state index is 0.573. The molecule has 0 fully saturated rings. The number of H-pyrrole nitrogens is 1. The Morgan fingerprint density at radius 1 is 0.955 bits per heavy atom. The van der Waals surface area contributed by atoms with Gasteiger partial charge in [-0.3, -0.25) is 0 Å². The second-order valence-corrected chi connectivity index (χ2v) is 4.74. The first kappa shape index (κ1) is 12.3. The molecule has 0 atom stereocenters. The second kappa shape index (κ2) is 4.82. The van der Waals surface area contributed by atoms with Gasteiger partial charge in [0.05, 0.1) is 17.0 Å². The molecule has 0 aliphatic carbocycles. The summed E-state index contributed by atoms with van der Waals surface area (Å²) in [5.41, 5.74) is 3.47. The molecule has 0 unspecified atom stereocenters. The number of nitrogens with zero attached hydrogens (tertiary/aromatic N) is 4. The van der Waals surface area contributed by atoms with Crippen LogP contribution in [0, 0.1) is 11.3 Å². The van der Waals surface area contributed by atoms with Gasteiger partial charge in [0.15, 0.2) is 11.5 Å². The Labute approximate surface area is 125 Å². The van der Waals surface area contributed by atoms with E-state index in [-0.39, 0.29) is 0 Å². The maximum Gasteiger partial charge on any atom is 0.197 e. The SMILES string of the molecule is N#Cc1ccc(-c2n[nH]nc2-c2onc3ccccc23)cc1. The molecule has 0 aliphatic rings. The highest BCUT2D eigenvalue weighted by atomic mass is 16.5. The van der Waals surface area contributed by atoms with Gasteiger partial charge in [0.25, 0.3) is 0 Å². The summed E-state index contributed by atoms with van der Waals surface area (Å²) in [5.74, 6) is 0.573. The van der Waals surface area contributed by atoms with Crippen molar-refractivity contribution in [2.45, 2.75) is 0 Å². The normalized spacial score (nSPS) is 10.7. The van der Waals surface area contributed by atoms with Gasteiger partial charge in [0.1, 0.15) is 11.2 Å². The van der Waals surface area contributed by atoms with E-state index in [9.17, 15) is 0 Å². The third-order valence-electron chi connectivity index (χ3n) is 3.43. The topological polar surface area (TPSA) is 91.4 Å². The van der Waals surface area contributed by atoms with E-state index in [4.69, 9.17) is 9.78 Å². The Bertz CT molecular complexity index is 991. The van der Waals surface area contributed by atoms with E-state index in [0.717, 1.165) is 16.5 Å². The zero-order chi connectivity index (χ0) is 14.9. The molecule has 104 valence electrons. The first-order chi connectivity index (χ1) is 10.9. The molecular formula is C16H9N5O. The van der Waals surface area contributed by atoms with Gasteiger partial charge >= 0.3 is 0 Å². The van der Waals surface area contributed by atoms with Gasteiger partial charge in [-0.05, 0) is 24.3 Å². The predicted molar refractivity (Wildman–Crippen MR) is 79.5 cm³/mol. The summed E-state index contributed by atoms with van der Waals surface area (Å²) in [6.07, 6.45) is 0. The van der Waals surface area contributed by atoms with Crippen molar-refractivity contribution >= 4 is 10.9 Å². The molecular weight excluding hydrogens is 278 g/mol. The zero-order valence-electron chi connectivity index (χ0n) is 11.3. The molecule has 0 saturated heterocycles. The van der Waals surface area contributed by atoms with Crippen molar-refractivity contribution in [3.05, 3.63) is 54.1 Å². The Morgan fingerprint density at radius 3 is 2.55 bits per heavy atom. The standard InChI is InChI=1S/C16H9N5O/c17-9-10-5-7-11(8-6-10)14-15(19-21-18-14)16-12-3-1-2-4-13(12)20-22-16/h1-8H,(H,18,19,21). The van der Waals surface area contributed by atoms with Gasteiger partial charge in [-0.15, -0.1) is 0 Å². The van der Waals surface area contributed by atoms with Crippen LogP contribution in [0.5, 0.6) is 0 Å². The second-order valence-electron chi connectivity index (χ2n) is 4.74. The average molecular weight is 287 g/mol. The van der Waals surface area contributed by atoms with Crippen LogP contribution in [0.1, 0.15) is 5.56 Å². The molecule has 2 heterocycles. The fourth-order valence-corrected chi connectivity index (χ4v) is 2.35. The third kappa shape index (κ3) is 1.84. The van der Waals surface area contributed by atoms with Crippen LogP contribution >= 0.6 is 0 Å². The molecule has 0 saturated carbocycles. The Balaban J connectivity index is 1.88. The number of aromatic amines is 1. The smallest absolute Gasteiger partial charge is 0.197 e. The lowest BCUT2D eigenvalue weighted by molar-refractivity contribution is 0.439. The maximum atomic E-state index is 8.87. The fraction of sp³-hybridized carbons (Fsp3) is 0. The van der Waals surface area contributed by atoms with Gasteiger partial charge in [-0.25, -0.2) is 0 Å². The number of aromatic nitrogens is 4. The van der Waals surface area contributed by atoms with E-state index in [1.807, 2.05) is 36.4 Å². The van der Waals surface area contributed by atoms with E-state index >= 15 is 0 Å². The van der Waals surface area contributed by atoms with Crippen molar-refractivity contribution in [1.82, 2.24) is 20.6 Å². The summed E-state index contributed by atoms with van der Waals surface area (Å²) in [7, 11) is 0. The predicted octanol–water partition coefficient (Wildman–Crippen LogP) is 3.15. The molecule has 0 spiro atoms. The van der Waals surface area contributed by atoms with Crippen LogP contribution in [0.4, 0.5) is 0 Å². The molecule has 4 aromatic rings. The van der Waals surface area contributed by atoms with Crippen LogP contribution < -0.4 is 0 Å². The minimum Gasteiger partial charge on any atom is -0.353 e. The van der Waals surface area contributed by atoms with Crippen LogP contribution in [0.2, 0.25) is 0 Å². The van der Waals surface area contributed by atoms with E-state index in [1.165, 1.54) is 0 Å². The lowest BCUT2D eigenvalue weighted by Gasteiger charge is -1.99. The first-order valence-corrected chi connectivity index (χ1v) is 6.63. The van der Waals surface area contributed by atoms with Crippen LogP contribution in [0.25, 0.3) is 33.6 Å². The Kier molecular flexibility index (Phi) is 2.70. The number of hydrogen-bond acceptors (Lipinski definition) is 5. The Hall–Kier alpha value is -3.46. The zero-order valence-corrected chi connectivity index (χ0v) is 11.3. The van der Waals surface area contributed by atoms with Crippen molar-refractivity contribution in [2.24, 2.45) is 0 Å². The van der Waals surface area contributed by atoms with Crippen molar-refractivity contribution in [1.29, 1.82) is 5.26 Å². The van der Waals surface area contributed by atoms with E-state index < -0.39 is 0 Å². The number of rotatable bonds is 2. The largest absolute Gasteiger partial charge is 0.353 e. The molecule has 0 aliphatic heterocycles. The molecule has 0 bridgehead atoms. The van der Waals surface area contributed by atoms with Gasteiger partial charge in [0.2, 0.25) is 0 Å². The van der Waals surface area contributed by atoms with Crippen LogP contribution in [0.15, 0.2) is 53.1 Å². The molecule has 0 amide bonds. The number of benzene rings is 2. The number of hydrogen-bond donors (Lipinski definition) is 1. The lowest BCUT2D eigenvalue weighted by atomic mass is 10.1. The van der Waals surface area contributed by atoms with Crippen molar-refractivity contribution in [3.8, 4) is 28.8 Å². The van der Waals surface area contributed by atoms with Gasteiger partial charge in [-0.1, -0.05) is 29.4 Å². The maximum absolute atomic E-state index is 8.87. The number of nitriles is 1. The summed E-state index contributed by atoms with van der Waals surface area (Å²) in [5, 5.41) is 24.8.